The Bertz CT molecular complexity index is 1320. The van der Waals surface area contributed by atoms with Gasteiger partial charge in [0.15, 0.2) is 5.82 Å². The van der Waals surface area contributed by atoms with Gasteiger partial charge in [-0.3, -0.25) is 9.71 Å². The molecule has 0 aliphatic rings. The van der Waals surface area contributed by atoms with Crippen LogP contribution in [0, 0.1) is 0 Å². The van der Waals surface area contributed by atoms with Gasteiger partial charge in [-0.1, -0.05) is 0 Å². The summed E-state index contributed by atoms with van der Waals surface area (Å²) >= 11 is 3.37. The first-order valence-corrected chi connectivity index (χ1v) is 9.68. The summed E-state index contributed by atoms with van der Waals surface area (Å²) in [6, 6.07) is 10.5. The molecular weight excluding hydrogens is 422 g/mol. The number of fused-ring (bicyclic) bond motifs is 2. The fraction of sp³-hybridized carbons (Fsp3) is 0. The number of benzene rings is 1. The van der Waals surface area contributed by atoms with Crippen LogP contribution in [0.5, 0.6) is 0 Å². The molecule has 0 bridgehead atoms. The van der Waals surface area contributed by atoms with Crippen molar-refractivity contribution >= 4 is 53.6 Å². The molecule has 130 valence electrons. The number of rotatable bonds is 3. The second kappa shape index (κ2) is 6.19. The molecule has 0 aliphatic heterocycles. The molecule has 0 amide bonds. The first kappa shape index (κ1) is 16.7. The third-order valence-electron chi connectivity index (χ3n) is 3.73. The maximum atomic E-state index is 12.8. The molecule has 3 aromatic heterocycles. The lowest BCUT2D eigenvalue weighted by Crippen LogP contribution is -2.14. The summed E-state index contributed by atoms with van der Waals surface area (Å²) < 4.78 is 33.7. The molecule has 0 unspecified atom stereocenters. The summed E-state index contributed by atoms with van der Waals surface area (Å²) in [5.41, 5.74) is 0.241. The number of hydrogen-bond acceptors (Lipinski definition) is 6. The monoisotopic (exact) mass is 431 g/mol. The van der Waals surface area contributed by atoms with Crippen molar-refractivity contribution in [3.63, 3.8) is 0 Å². The van der Waals surface area contributed by atoms with Crippen LogP contribution in [0.4, 0.5) is 5.82 Å². The van der Waals surface area contributed by atoms with Gasteiger partial charge in [-0.05, 0) is 52.3 Å². The van der Waals surface area contributed by atoms with Crippen LogP contribution < -0.4 is 10.3 Å². The van der Waals surface area contributed by atoms with Gasteiger partial charge in [0, 0.05) is 33.7 Å². The molecule has 1 N–H and O–H groups in total. The molecule has 3 heterocycles. The van der Waals surface area contributed by atoms with Gasteiger partial charge in [0.05, 0.1) is 4.90 Å². The molecule has 7 nitrogen and oxygen atoms in total. The zero-order chi connectivity index (χ0) is 18.3. The van der Waals surface area contributed by atoms with Gasteiger partial charge >= 0.3 is 5.63 Å². The standard InChI is InChI=1S/C17H10BrN3O4S/c18-13-9-20-17(16-12(13)2-1-7-19-16)21-26(23,24)11-4-5-14-10(8-11)3-6-15(22)25-14/h1-9H,(H,20,21). The number of aromatic nitrogens is 2. The number of halogens is 1. The lowest BCUT2D eigenvalue weighted by Gasteiger charge is -2.10. The van der Waals surface area contributed by atoms with Gasteiger partial charge in [0.1, 0.15) is 11.1 Å². The van der Waals surface area contributed by atoms with Crippen LogP contribution in [0.15, 0.2) is 73.4 Å². The van der Waals surface area contributed by atoms with Crippen LogP contribution >= 0.6 is 15.9 Å². The van der Waals surface area contributed by atoms with E-state index >= 15 is 0 Å². The fourth-order valence-corrected chi connectivity index (χ4v) is 3.99. The first-order chi connectivity index (χ1) is 12.4. The Morgan fingerprint density at radius 1 is 1.08 bits per heavy atom. The van der Waals surface area contributed by atoms with Crippen molar-refractivity contribution in [2.45, 2.75) is 4.90 Å². The van der Waals surface area contributed by atoms with Crippen molar-refractivity contribution in [2.75, 3.05) is 4.72 Å². The van der Waals surface area contributed by atoms with E-state index in [4.69, 9.17) is 4.42 Å². The maximum absolute atomic E-state index is 12.8. The largest absolute Gasteiger partial charge is 0.423 e. The normalized spacial score (nSPS) is 11.7. The van der Waals surface area contributed by atoms with E-state index in [-0.39, 0.29) is 10.7 Å². The van der Waals surface area contributed by atoms with E-state index in [0.717, 1.165) is 5.39 Å². The highest BCUT2D eigenvalue weighted by Gasteiger charge is 2.18. The van der Waals surface area contributed by atoms with E-state index in [1.807, 2.05) is 6.07 Å². The highest BCUT2D eigenvalue weighted by atomic mass is 79.9. The SMILES string of the molecule is O=c1ccc2cc(S(=O)(=O)Nc3ncc(Br)c4cccnc34)ccc2o1. The first-order valence-electron chi connectivity index (χ1n) is 7.40. The lowest BCUT2D eigenvalue weighted by atomic mass is 10.2. The molecule has 26 heavy (non-hydrogen) atoms. The van der Waals surface area contributed by atoms with Crippen molar-refractivity contribution in [1.29, 1.82) is 0 Å². The smallest absolute Gasteiger partial charge is 0.336 e. The third kappa shape index (κ3) is 2.95. The van der Waals surface area contributed by atoms with Crippen molar-refractivity contribution < 1.29 is 12.8 Å². The summed E-state index contributed by atoms with van der Waals surface area (Å²) in [6.45, 7) is 0. The molecule has 0 spiro atoms. The van der Waals surface area contributed by atoms with Crippen LogP contribution in [-0.4, -0.2) is 18.4 Å². The van der Waals surface area contributed by atoms with E-state index in [2.05, 4.69) is 30.6 Å². The van der Waals surface area contributed by atoms with Crippen LogP contribution in [-0.2, 0) is 10.0 Å². The molecule has 9 heteroatoms. The second-order valence-electron chi connectivity index (χ2n) is 5.41. The molecule has 0 radical (unpaired) electrons. The van der Waals surface area contributed by atoms with Crippen LogP contribution in [0.1, 0.15) is 0 Å². The number of hydrogen-bond donors (Lipinski definition) is 1. The average molecular weight is 432 g/mol. The van der Waals surface area contributed by atoms with E-state index in [1.54, 1.807) is 12.3 Å². The van der Waals surface area contributed by atoms with Crippen molar-refractivity contribution in [2.24, 2.45) is 0 Å². The Kier molecular flexibility index (Phi) is 3.97. The molecule has 1 aromatic carbocycles. The summed E-state index contributed by atoms with van der Waals surface area (Å²) in [5.74, 6) is 0.128. The summed E-state index contributed by atoms with van der Waals surface area (Å²) in [7, 11) is -3.91. The minimum Gasteiger partial charge on any atom is -0.423 e. The van der Waals surface area contributed by atoms with E-state index < -0.39 is 15.6 Å². The minimum absolute atomic E-state index is 0.0210. The van der Waals surface area contributed by atoms with Gasteiger partial charge in [0.2, 0.25) is 0 Å². The van der Waals surface area contributed by atoms with Crippen molar-refractivity contribution in [1.82, 2.24) is 9.97 Å². The summed E-state index contributed by atoms with van der Waals surface area (Å²) in [6.07, 6.45) is 3.07. The van der Waals surface area contributed by atoms with Crippen molar-refractivity contribution in [3.8, 4) is 0 Å². The molecular formula is C17H10BrN3O4S. The zero-order valence-electron chi connectivity index (χ0n) is 13.0. The minimum atomic E-state index is -3.91. The van der Waals surface area contributed by atoms with E-state index in [1.165, 1.54) is 36.5 Å². The zero-order valence-corrected chi connectivity index (χ0v) is 15.4. The number of anilines is 1. The van der Waals surface area contributed by atoms with Crippen LogP contribution in [0.25, 0.3) is 21.9 Å². The van der Waals surface area contributed by atoms with Gasteiger partial charge in [-0.15, -0.1) is 0 Å². The number of nitrogens with one attached hydrogen (secondary N) is 1. The molecule has 0 saturated heterocycles. The number of sulfonamides is 1. The Balaban J connectivity index is 1.80. The quantitative estimate of drug-likeness (QED) is 0.499. The molecule has 0 fully saturated rings. The van der Waals surface area contributed by atoms with Gasteiger partial charge in [-0.25, -0.2) is 18.2 Å². The Hall–Kier alpha value is -2.78. The van der Waals surface area contributed by atoms with Gasteiger partial charge in [0.25, 0.3) is 10.0 Å². The number of nitrogens with zero attached hydrogens (tertiary/aromatic N) is 2. The van der Waals surface area contributed by atoms with E-state index in [0.29, 0.717) is 21.0 Å². The highest BCUT2D eigenvalue weighted by Crippen LogP contribution is 2.28. The van der Waals surface area contributed by atoms with Crippen LogP contribution in [0.3, 0.4) is 0 Å². The fourth-order valence-electron chi connectivity index (χ4n) is 2.52. The summed E-state index contributed by atoms with van der Waals surface area (Å²) in [5, 5.41) is 1.24. The predicted molar refractivity (Wildman–Crippen MR) is 101 cm³/mol. The second-order valence-corrected chi connectivity index (χ2v) is 7.95. The molecule has 4 rings (SSSR count). The molecule has 0 aliphatic carbocycles. The molecule has 0 atom stereocenters. The number of pyridine rings is 2. The van der Waals surface area contributed by atoms with Gasteiger partial charge < -0.3 is 4.42 Å². The maximum Gasteiger partial charge on any atom is 0.336 e. The topological polar surface area (TPSA) is 102 Å². The lowest BCUT2D eigenvalue weighted by molar-refractivity contribution is 0.560. The highest BCUT2D eigenvalue weighted by molar-refractivity contribution is 9.10. The van der Waals surface area contributed by atoms with Crippen molar-refractivity contribution in [3.05, 3.63) is 69.8 Å². The van der Waals surface area contributed by atoms with Gasteiger partial charge in [-0.2, -0.15) is 0 Å². The van der Waals surface area contributed by atoms with Crippen LogP contribution in [0.2, 0.25) is 0 Å². The Morgan fingerprint density at radius 2 is 1.92 bits per heavy atom. The third-order valence-corrected chi connectivity index (χ3v) is 5.70. The Labute approximate surface area is 155 Å². The Morgan fingerprint density at radius 3 is 2.77 bits per heavy atom. The summed E-state index contributed by atoms with van der Waals surface area (Å²) in [4.78, 5) is 19.6. The van der Waals surface area contributed by atoms with E-state index in [9.17, 15) is 13.2 Å². The molecule has 0 saturated carbocycles. The molecule has 4 aromatic rings. The predicted octanol–water partition coefficient (Wildman–Crippen LogP) is 3.30. The average Bonchev–Trinajstić information content (AvgIpc) is 2.63.